The first-order chi connectivity index (χ1) is 11.1. The van der Waals surface area contributed by atoms with Crippen LogP contribution in [0.25, 0.3) is 10.9 Å². The molecule has 2 atom stereocenters. The van der Waals surface area contributed by atoms with Crippen LogP contribution in [0.5, 0.6) is 0 Å². The molecule has 1 amide bonds. The van der Waals surface area contributed by atoms with E-state index in [9.17, 15) is 4.79 Å². The van der Waals surface area contributed by atoms with Crippen molar-refractivity contribution in [1.82, 2.24) is 10.4 Å². The fourth-order valence-corrected chi connectivity index (χ4v) is 4.03. The number of fused-ring (bicyclic) bond motifs is 2. The Labute approximate surface area is 135 Å². The largest absolute Gasteiger partial charge is 0.360 e. The highest BCUT2D eigenvalue weighted by Crippen LogP contribution is 2.58. The minimum absolute atomic E-state index is 0.180. The molecule has 3 aliphatic rings. The van der Waals surface area contributed by atoms with Crippen LogP contribution in [0, 0.1) is 17.3 Å². The van der Waals surface area contributed by atoms with E-state index in [-0.39, 0.29) is 5.91 Å². The highest BCUT2D eigenvalue weighted by atomic mass is 16.2. The van der Waals surface area contributed by atoms with E-state index in [1.165, 1.54) is 12.0 Å². The van der Waals surface area contributed by atoms with Gasteiger partial charge in [-0.3, -0.25) is 4.79 Å². The van der Waals surface area contributed by atoms with Crippen molar-refractivity contribution in [2.24, 2.45) is 22.4 Å². The third-order valence-corrected chi connectivity index (χ3v) is 5.72. The maximum absolute atomic E-state index is 12.3. The van der Waals surface area contributed by atoms with Crippen molar-refractivity contribution in [3.8, 4) is 0 Å². The fraction of sp³-hybridized carbons (Fsp3) is 0.368. The average Bonchev–Trinajstić information content (AvgIpc) is 2.99. The number of nitrogens with zero attached hydrogens (tertiary/aromatic N) is 1. The lowest BCUT2D eigenvalue weighted by Gasteiger charge is -2.55. The number of aromatic nitrogens is 1. The van der Waals surface area contributed by atoms with Crippen molar-refractivity contribution in [3.05, 3.63) is 47.7 Å². The molecule has 1 saturated carbocycles. The van der Waals surface area contributed by atoms with Crippen LogP contribution in [0.2, 0.25) is 0 Å². The van der Waals surface area contributed by atoms with Crippen molar-refractivity contribution in [2.75, 3.05) is 0 Å². The molecule has 2 aromatic rings. The maximum atomic E-state index is 12.3. The lowest BCUT2D eigenvalue weighted by molar-refractivity contribution is -0.00126. The predicted molar refractivity (Wildman–Crippen MR) is 92.3 cm³/mol. The SMILES string of the molecule is CC1(C)[C@@H]2CC=C(/C=N\NC(=O)c3c[nH]c4ccccc34)[C@H]1C2. The van der Waals surface area contributed by atoms with E-state index in [1.54, 1.807) is 6.20 Å². The van der Waals surface area contributed by atoms with Gasteiger partial charge in [-0.05, 0) is 41.7 Å². The molecule has 0 unspecified atom stereocenters. The van der Waals surface area contributed by atoms with Gasteiger partial charge in [0.05, 0.1) is 11.8 Å². The second kappa shape index (κ2) is 5.08. The Morgan fingerprint density at radius 2 is 2.22 bits per heavy atom. The number of nitrogens with one attached hydrogen (secondary N) is 2. The Kier molecular flexibility index (Phi) is 3.15. The Balaban J connectivity index is 1.47. The van der Waals surface area contributed by atoms with E-state index in [4.69, 9.17) is 0 Å². The number of hydrogen-bond acceptors (Lipinski definition) is 2. The van der Waals surface area contributed by atoms with E-state index in [1.807, 2.05) is 30.5 Å². The highest BCUT2D eigenvalue weighted by molar-refractivity contribution is 6.06. The first-order valence-corrected chi connectivity index (χ1v) is 8.17. The van der Waals surface area contributed by atoms with Crippen LogP contribution in [-0.4, -0.2) is 17.1 Å². The van der Waals surface area contributed by atoms with Crippen LogP contribution < -0.4 is 5.43 Å². The summed E-state index contributed by atoms with van der Waals surface area (Å²) in [5.74, 6) is 1.21. The van der Waals surface area contributed by atoms with Gasteiger partial charge in [-0.1, -0.05) is 38.1 Å². The van der Waals surface area contributed by atoms with Gasteiger partial charge in [0.2, 0.25) is 0 Å². The van der Waals surface area contributed by atoms with Gasteiger partial charge in [-0.2, -0.15) is 5.10 Å². The highest BCUT2D eigenvalue weighted by Gasteiger charge is 2.50. The molecule has 4 heteroatoms. The van der Waals surface area contributed by atoms with Gasteiger partial charge in [-0.15, -0.1) is 0 Å². The number of rotatable bonds is 3. The van der Waals surface area contributed by atoms with E-state index >= 15 is 0 Å². The molecule has 2 N–H and O–H groups in total. The topological polar surface area (TPSA) is 57.2 Å². The van der Waals surface area contributed by atoms with Crippen LogP contribution in [0.15, 0.2) is 47.2 Å². The first-order valence-electron chi connectivity index (χ1n) is 8.17. The Morgan fingerprint density at radius 1 is 1.39 bits per heavy atom. The van der Waals surface area contributed by atoms with Crippen molar-refractivity contribution >= 4 is 23.0 Å². The summed E-state index contributed by atoms with van der Waals surface area (Å²) in [6, 6.07) is 7.77. The second-order valence-corrected chi connectivity index (χ2v) is 7.19. The van der Waals surface area contributed by atoms with Crippen LogP contribution >= 0.6 is 0 Å². The van der Waals surface area contributed by atoms with Gasteiger partial charge in [0.25, 0.3) is 5.91 Å². The normalized spacial score (nSPS) is 25.2. The minimum Gasteiger partial charge on any atom is -0.360 e. The number of aromatic amines is 1. The molecule has 2 bridgehead atoms. The van der Waals surface area contributed by atoms with Crippen molar-refractivity contribution < 1.29 is 4.79 Å². The molecule has 0 aliphatic heterocycles. The van der Waals surface area contributed by atoms with E-state index < -0.39 is 0 Å². The molecule has 23 heavy (non-hydrogen) atoms. The number of amides is 1. The second-order valence-electron chi connectivity index (χ2n) is 7.19. The zero-order chi connectivity index (χ0) is 16.0. The van der Waals surface area contributed by atoms with Gasteiger partial charge in [-0.25, -0.2) is 5.43 Å². The summed E-state index contributed by atoms with van der Waals surface area (Å²) in [7, 11) is 0. The predicted octanol–water partition coefficient (Wildman–Crippen LogP) is 3.88. The molecule has 0 saturated heterocycles. The number of carbonyl (C=O) groups is 1. The third kappa shape index (κ3) is 2.21. The van der Waals surface area contributed by atoms with E-state index in [0.717, 1.165) is 23.2 Å². The summed E-state index contributed by atoms with van der Waals surface area (Å²) in [4.78, 5) is 15.4. The van der Waals surface area contributed by atoms with Gasteiger partial charge in [0.1, 0.15) is 0 Å². The molecule has 0 spiro atoms. The first kappa shape index (κ1) is 14.2. The van der Waals surface area contributed by atoms with Crippen molar-refractivity contribution in [3.63, 3.8) is 0 Å². The van der Waals surface area contributed by atoms with Crippen molar-refractivity contribution in [2.45, 2.75) is 26.7 Å². The molecule has 1 aromatic heterocycles. The van der Waals surface area contributed by atoms with Crippen molar-refractivity contribution in [1.29, 1.82) is 0 Å². The van der Waals surface area contributed by atoms with Crippen LogP contribution in [0.4, 0.5) is 0 Å². The molecule has 4 nitrogen and oxygen atoms in total. The van der Waals surface area contributed by atoms with Crippen LogP contribution in [-0.2, 0) is 0 Å². The van der Waals surface area contributed by atoms with Gasteiger partial charge in [0, 0.05) is 17.1 Å². The molecular weight excluding hydrogens is 286 g/mol. The summed E-state index contributed by atoms with van der Waals surface area (Å²) >= 11 is 0. The Bertz CT molecular complexity index is 828. The molecule has 3 aliphatic carbocycles. The standard InChI is InChI=1S/C19H21N3O/c1-19(2)13-8-7-12(16(19)9-13)10-21-22-18(23)15-11-20-17-6-4-3-5-14(15)17/h3-7,10-11,13,16,20H,8-9H2,1-2H3,(H,22,23)/b21-10-/t13-,16-/m1/s1. The molecule has 5 rings (SSSR count). The summed E-state index contributed by atoms with van der Waals surface area (Å²) in [5, 5.41) is 5.11. The number of para-hydroxylation sites is 1. The molecule has 118 valence electrons. The number of allylic oxidation sites excluding steroid dienone is 2. The van der Waals surface area contributed by atoms with Gasteiger partial charge >= 0.3 is 0 Å². The quantitative estimate of drug-likeness (QED) is 0.656. The van der Waals surface area contributed by atoms with E-state index in [0.29, 0.717) is 16.9 Å². The number of hydrogen-bond donors (Lipinski definition) is 2. The Hall–Kier alpha value is -2.36. The number of H-pyrrole nitrogens is 1. The zero-order valence-corrected chi connectivity index (χ0v) is 13.5. The van der Waals surface area contributed by atoms with E-state index in [2.05, 4.69) is 35.4 Å². The molecule has 1 fully saturated rings. The summed E-state index contributed by atoms with van der Waals surface area (Å²) < 4.78 is 0. The Morgan fingerprint density at radius 3 is 3.00 bits per heavy atom. The third-order valence-electron chi connectivity index (χ3n) is 5.72. The molecule has 1 heterocycles. The molecular formula is C19H21N3O. The summed E-state index contributed by atoms with van der Waals surface area (Å²) in [5.41, 5.74) is 5.87. The summed E-state index contributed by atoms with van der Waals surface area (Å²) in [6.45, 7) is 4.66. The number of hydrazone groups is 1. The molecule has 1 aromatic carbocycles. The lowest BCUT2D eigenvalue weighted by Crippen LogP contribution is -2.48. The molecule has 0 radical (unpaired) electrons. The average molecular weight is 307 g/mol. The monoisotopic (exact) mass is 307 g/mol. The number of benzene rings is 1. The maximum Gasteiger partial charge on any atom is 0.273 e. The zero-order valence-electron chi connectivity index (χ0n) is 13.5. The summed E-state index contributed by atoms with van der Waals surface area (Å²) in [6.07, 6.45) is 8.21. The fourth-order valence-electron chi connectivity index (χ4n) is 4.03. The van der Waals surface area contributed by atoms with Gasteiger partial charge < -0.3 is 4.98 Å². The lowest BCUT2D eigenvalue weighted by atomic mass is 9.49. The van der Waals surface area contributed by atoms with Crippen LogP contribution in [0.3, 0.4) is 0 Å². The van der Waals surface area contributed by atoms with Crippen LogP contribution in [0.1, 0.15) is 37.0 Å². The number of carbonyl (C=O) groups excluding carboxylic acids is 1. The smallest absolute Gasteiger partial charge is 0.273 e. The minimum atomic E-state index is -0.180. The van der Waals surface area contributed by atoms with Gasteiger partial charge in [0.15, 0.2) is 0 Å².